The monoisotopic (exact) mass is 143 g/mol. The second kappa shape index (κ2) is 3.56. The van der Waals surface area contributed by atoms with Crippen molar-refractivity contribution in [2.75, 3.05) is 13.1 Å². The van der Waals surface area contributed by atoms with Gasteiger partial charge in [0.05, 0.1) is 0 Å². The Morgan fingerprint density at radius 3 is 3.00 bits per heavy atom. The minimum absolute atomic E-state index is 0.326. The molecule has 0 radical (unpaired) electrons. The van der Waals surface area contributed by atoms with Gasteiger partial charge in [0.1, 0.15) is 0 Å². The highest BCUT2D eigenvalue weighted by molar-refractivity contribution is 5.66. The Bertz CT molecular complexity index is 119. The number of carbonyl (C=O) groups is 1. The van der Waals surface area contributed by atoms with Crippen LogP contribution in [0, 0.1) is 5.92 Å². The van der Waals surface area contributed by atoms with Crippen LogP contribution in [0.4, 0.5) is 0 Å². The van der Waals surface area contributed by atoms with Crippen molar-refractivity contribution >= 4 is 5.97 Å². The minimum Gasteiger partial charge on any atom is -0.481 e. The summed E-state index contributed by atoms with van der Waals surface area (Å²) in [5.74, 6) is -0.0667. The summed E-state index contributed by atoms with van der Waals surface area (Å²) in [4.78, 5) is 10.1. The number of rotatable bonds is 3. The normalized spacial score (nSPS) is 25.0. The van der Waals surface area contributed by atoms with Crippen molar-refractivity contribution in [2.45, 2.75) is 19.3 Å². The standard InChI is InChI=1S/C7H13NO2/c9-7(10)2-1-6-3-4-8-5-6/h6,8H,1-5H2,(H,9,10)/t6-/m1/s1. The van der Waals surface area contributed by atoms with Crippen molar-refractivity contribution in [1.29, 1.82) is 0 Å². The van der Waals surface area contributed by atoms with Crippen LogP contribution in [0.15, 0.2) is 0 Å². The maximum absolute atomic E-state index is 10.1. The fourth-order valence-electron chi connectivity index (χ4n) is 1.29. The first-order chi connectivity index (χ1) is 4.79. The molecular weight excluding hydrogens is 130 g/mol. The Morgan fingerprint density at radius 2 is 2.50 bits per heavy atom. The molecule has 1 aliphatic heterocycles. The zero-order chi connectivity index (χ0) is 7.40. The van der Waals surface area contributed by atoms with Gasteiger partial charge in [-0.1, -0.05) is 0 Å². The van der Waals surface area contributed by atoms with Crippen molar-refractivity contribution in [1.82, 2.24) is 5.32 Å². The molecule has 0 aromatic rings. The van der Waals surface area contributed by atoms with Gasteiger partial charge in [-0.15, -0.1) is 0 Å². The van der Waals surface area contributed by atoms with E-state index in [1.165, 1.54) is 0 Å². The highest BCUT2D eigenvalue weighted by Crippen LogP contribution is 2.13. The lowest BCUT2D eigenvalue weighted by atomic mass is 10.0. The summed E-state index contributed by atoms with van der Waals surface area (Å²) in [7, 11) is 0. The topological polar surface area (TPSA) is 49.3 Å². The van der Waals surface area contributed by atoms with E-state index in [1.807, 2.05) is 0 Å². The molecule has 10 heavy (non-hydrogen) atoms. The predicted octanol–water partition coefficient (Wildman–Crippen LogP) is 0.461. The molecule has 0 aliphatic carbocycles. The summed E-state index contributed by atoms with van der Waals surface area (Å²) >= 11 is 0. The van der Waals surface area contributed by atoms with Crippen molar-refractivity contribution in [3.05, 3.63) is 0 Å². The van der Waals surface area contributed by atoms with Crippen molar-refractivity contribution in [3.63, 3.8) is 0 Å². The minimum atomic E-state index is -0.674. The van der Waals surface area contributed by atoms with Crippen molar-refractivity contribution < 1.29 is 9.90 Å². The van der Waals surface area contributed by atoms with E-state index in [4.69, 9.17) is 5.11 Å². The highest BCUT2D eigenvalue weighted by Gasteiger charge is 2.14. The molecule has 0 amide bonds. The number of hydrogen-bond acceptors (Lipinski definition) is 2. The number of nitrogens with one attached hydrogen (secondary N) is 1. The largest absolute Gasteiger partial charge is 0.481 e. The average Bonchev–Trinajstić information content (AvgIpc) is 2.34. The van der Waals surface area contributed by atoms with Gasteiger partial charge >= 0.3 is 5.97 Å². The first-order valence-electron chi connectivity index (χ1n) is 3.71. The van der Waals surface area contributed by atoms with E-state index >= 15 is 0 Å². The van der Waals surface area contributed by atoms with Gasteiger partial charge in [-0.3, -0.25) is 4.79 Å². The van der Waals surface area contributed by atoms with Crippen LogP contribution in [0.1, 0.15) is 19.3 Å². The molecule has 3 nitrogen and oxygen atoms in total. The van der Waals surface area contributed by atoms with Gasteiger partial charge in [0.25, 0.3) is 0 Å². The van der Waals surface area contributed by atoms with E-state index in [0.717, 1.165) is 25.9 Å². The van der Waals surface area contributed by atoms with Crippen LogP contribution in [0.25, 0.3) is 0 Å². The third-order valence-corrected chi connectivity index (χ3v) is 1.93. The zero-order valence-electron chi connectivity index (χ0n) is 5.97. The fourth-order valence-corrected chi connectivity index (χ4v) is 1.29. The molecule has 1 saturated heterocycles. The van der Waals surface area contributed by atoms with Gasteiger partial charge in [0, 0.05) is 6.42 Å². The van der Waals surface area contributed by atoms with Gasteiger partial charge < -0.3 is 10.4 Å². The Morgan fingerprint density at radius 1 is 1.70 bits per heavy atom. The van der Waals surface area contributed by atoms with Crippen LogP contribution < -0.4 is 5.32 Å². The SMILES string of the molecule is O=C(O)CC[C@@H]1CCNC1. The van der Waals surface area contributed by atoms with Crippen LogP contribution >= 0.6 is 0 Å². The molecule has 1 fully saturated rings. The lowest BCUT2D eigenvalue weighted by Crippen LogP contribution is -2.10. The third-order valence-electron chi connectivity index (χ3n) is 1.93. The first kappa shape index (κ1) is 7.54. The Labute approximate surface area is 60.4 Å². The molecule has 1 aliphatic rings. The molecule has 1 atom stereocenters. The number of aliphatic carboxylic acids is 1. The van der Waals surface area contributed by atoms with E-state index in [-0.39, 0.29) is 0 Å². The van der Waals surface area contributed by atoms with Gasteiger partial charge in [-0.25, -0.2) is 0 Å². The molecule has 0 bridgehead atoms. The van der Waals surface area contributed by atoms with E-state index in [2.05, 4.69) is 5.32 Å². The smallest absolute Gasteiger partial charge is 0.303 e. The quantitative estimate of drug-likeness (QED) is 0.603. The molecule has 0 spiro atoms. The van der Waals surface area contributed by atoms with E-state index in [1.54, 1.807) is 0 Å². The van der Waals surface area contributed by atoms with Gasteiger partial charge in [0.2, 0.25) is 0 Å². The lowest BCUT2D eigenvalue weighted by Gasteiger charge is -2.03. The molecular formula is C7H13NO2. The van der Waals surface area contributed by atoms with Crippen molar-refractivity contribution in [2.24, 2.45) is 5.92 Å². The Hall–Kier alpha value is -0.570. The summed E-state index contributed by atoms with van der Waals surface area (Å²) in [5.41, 5.74) is 0. The maximum atomic E-state index is 10.1. The lowest BCUT2D eigenvalue weighted by molar-refractivity contribution is -0.137. The molecule has 2 N–H and O–H groups in total. The second-order valence-corrected chi connectivity index (χ2v) is 2.79. The molecule has 58 valence electrons. The summed E-state index contributed by atoms with van der Waals surface area (Å²) in [6.45, 7) is 2.07. The van der Waals surface area contributed by atoms with Gasteiger partial charge in [0.15, 0.2) is 0 Å². The summed E-state index contributed by atoms with van der Waals surface area (Å²) < 4.78 is 0. The van der Waals surface area contributed by atoms with Crippen LogP contribution in [0.5, 0.6) is 0 Å². The van der Waals surface area contributed by atoms with Crippen LogP contribution in [0.2, 0.25) is 0 Å². The van der Waals surface area contributed by atoms with Crippen LogP contribution in [-0.4, -0.2) is 24.2 Å². The Kier molecular flexibility index (Phi) is 2.68. The Balaban J connectivity index is 2.07. The fraction of sp³-hybridized carbons (Fsp3) is 0.857. The molecule has 0 unspecified atom stereocenters. The summed E-state index contributed by atoms with van der Waals surface area (Å²) in [5, 5.41) is 11.6. The third kappa shape index (κ3) is 2.35. The maximum Gasteiger partial charge on any atom is 0.303 e. The molecule has 1 heterocycles. The molecule has 0 saturated carbocycles. The summed E-state index contributed by atoms with van der Waals surface area (Å²) in [6.07, 6.45) is 2.31. The first-order valence-corrected chi connectivity index (χ1v) is 3.71. The van der Waals surface area contributed by atoms with Crippen LogP contribution in [-0.2, 0) is 4.79 Å². The zero-order valence-corrected chi connectivity index (χ0v) is 5.97. The van der Waals surface area contributed by atoms with E-state index in [0.29, 0.717) is 12.3 Å². The molecule has 3 heteroatoms. The van der Waals surface area contributed by atoms with Crippen LogP contribution in [0.3, 0.4) is 0 Å². The number of hydrogen-bond donors (Lipinski definition) is 2. The second-order valence-electron chi connectivity index (χ2n) is 2.79. The summed E-state index contributed by atoms with van der Waals surface area (Å²) in [6, 6.07) is 0. The molecule has 0 aromatic heterocycles. The average molecular weight is 143 g/mol. The van der Waals surface area contributed by atoms with Crippen molar-refractivity contribution in [3.8, 4) is 0 Å². The van der Waals surface area contributed by atoms with Gasteiger partial charge in [-0.2, -0.15) is 0 Å². The highest BCUT2D eigenvalue weighted by atomic mass is 16.4. The number of carboxylic acid groups (broad SMARTS) is 1. The molecule has 1 rings (SSSR count). The predicted molar refractivity (Wildman–Crippen MR) is 37.8 cm³/mol. The van der Waals surface area contributed by atoms with Gasteiger partial charge in [-0.05, 0) is 31.8 Å². The van der Waals surface area contributed by atoms with E-state index in [9.17, 15) is 4.79 Å². The molecule has 0 aromatic carbocycles. The van der Waals surface area contributed by atoms with E-state index < -0.39 is 5.97 Å². The number of carboxylic acids is 1.